The summed E-state index contributed by atoms with van der Waals surface area (Å²) in [7, 11) is 0. The smallest absolute Gasteiger partial charge is 0.249 e. The highest BCUT2D eigenvalue weighted by atomic mass is 15.3. The lowest BCUT2D eigenvalue weighted by Gasteiger charge is -2.12. The van der Waals surface area contributed by atoms with Crippen molar-refractivity contribution in [3.8, 4) is 0 Å². The van der Waals surface area contributed by atoms with Gasteiger partial charge < -0.3 is 10.6 Å². The van der Waals surface area contributed by atoms with Crippen molar-refractivity contribution in [3.05, 3.63) is 48.2 Å². The first-order valence-electron chi connectivity index (χ1n) is 6.64. The van der Waals surface area contributed by atoms with E-state index in [1.165, 1.54) is 5.56 Å². The summed E-state index contributed by atoms with van der Waals surface area (Å²) in [5.74, 6) is 1.16. The zero-order chi connectivity index (χ0) is 14.4. The van der Waals surface area contributed by atoms with E-state index < -0.39 is 0 Å². The van der Waals surface area contributed by atoms with Crippen LogP contribution in [0, 0.1) is 6.92 Å². The summed E-state index contributed by atoms with van der Waals surface area (Å²) in [4.78, 5) is 4.38. The van der Waals surface area contributed by atoms with Crippen LogP contribution in [0.3, 0.4) is 0 Å². The molecule has 0 saturated heterocycles. The number of nitrogens with zero attached hydrogens (tertiary/aromatic N) is 3. The van der Waals surface area contributed by atoms with Crippen LogP contribution in [0.4, 0.5) is 17.5 Å². The topological polar surface area (TPSA) is 62.7 Å². The van der Waals surface area contributed by atoms with Crippen LogP contribution < -0.4 is 10.6 Å². The quantitative estimate of drug-likeness (QED) is 0.789. The van der Waals surface area contributed by atoms with Gasteiger partial charge >= 0.3 is 0 Å². The third kappa shape index (κ3) is 3.32. The molecule has 0 unspecified atom stereocenters. The molecule has 0 atom stereocenters. The van der Waals surface area contributed by atoms with Crippen molar-refractivity contribution in [2.75, 3.05) is 17.2 Å². The Bertz CT molecular complexity index is 595. The highest BCUT2D eigenvalue weighted by Crippen LogP contribution is 2.23. The summed E-state index contributed by atoms with van der Waals surface area (Å²) in [5, 5.41) is 14.3. The average Bonchev–Trinajstić information content (AvgIpc) is 2.47. The molecule has 1 heterocycles. The van der Waals surface area contributed by atoms with E-state index in [0.29, 0.717) is 18.3 Å². The van der Waals surface area contributed by atoms with E-state index in [2.05, 4.69) is 64.4 Å². The fourth-order valence-corrected chi connectivity index (χ4v) is 1.93. The average molecular weight is 269 g/mol. The van der Waals surface area contributed by atoms with Crippen LogP contribution in [0.25, 0.3) is 0 Å². The molecule has 2 N–H and O–H groups in total. The number of anilines is 3. The summed E-state index contributed by atoms with van der Waals surface area (Å²) in [5.41, 5.74) is 3.45. The van der Waals surface area contributed by atoms with Crippen LogP contribution in [0.15, 0.2) is 37.1 Å². The predicted octanol–water partition coefficient (Wildman–Crippen LogP) is 3.08. The number of hydrogen-bond donors (Lipinski definition) is 2. The molecule has 2 rings (SSSR count). The second-order valence-corrected chi connectivity index (χ2v) is 4.42. The summed E-state index contributed by atoms with van der Waals surface area (Å²) in [6.45, 7) is 8.49. The number of nitrogens with one attached hydrogen (secondary N) is 2. The van der Waals surface area contributed by atoms with Crippen LogP contribution in [-0.4, -0.2) is 21.7 Å². The minimum atomic E-state index is 0.489. The summed E-state index contributed by atoms with van der Waals surface area (Å²) in [6, 6.07) is 6.22. The molecule has 1 aromatic heterocycles. The van der Waals surface area contributed by atoms with E-state index in [0.717, 1.165) is 17.7 Å². The van der Waals surface area contributed by atoms with E-state index in [1.54, 1.807) is 12.3 Å². The zero-order valence-corrected chi connectivity index (χ0v) is 11.8. The Kier molecular flexibility index (Phi) is 4.65. The Morgan fingerprint density at radius 2 is 2.20 bits per heavy atom. The standard InChI is InChI=1S/C15H19N5/c1-4-9-16-13-10-17-20-15(18-13)19-14-11(3)7-6-8-12(14)5-2/h4,6-8,10H,1,5,9H2,2-3H3,(H2,16,18,19,20). The first kappa shape index (κ1) is 14.0. The normalized spacial score (nSPS) is 10.1. The van der Waals surface area contributed by atoms with Crippen LogP contribution in [0.5, 0.6) is 0 Å². The minimum Gasteiger partial charge on any atom is -0.365 e. The van der Waals surface area contributed by atoms with Gasteiger partial charge in [-0.25, -0.2) is 0 Å². The molecule has 5 nitrogen and oxygen atoms in total. The number of aryl methyl sites for hydroxylation is 2. The molecular formula is C15H19N5. The molecule has 0 radical (unpaired) electrons. The maximum absolute atomic E-state index is 4.38. The molecule has 0 bridgehead atoms. The number of aromatic nitrogens is 3. The Morgan fingerprint density at radius 1 is 1.35 bits per heavy atom. The minimum absolute atomic E-state index is 0.489. The third-order valence-corrected chi connectivity index (χ3v) is 2.96. The Morgan fingerprint density at radius 3 is 2.95 bits per heavy atom. The van der Waals surface area contributed by atoms with Gasteiger partial charge in [0, 0.05) is 12.2 Å². The van der Waals surface area contributed by atoms with E-state index in [-0.39, 0.29) is 0 Å². The predicted molar refractivity (Wildman–Crippen MR) is 82.4 cm³/mol. The molecule has 20 heavy (non-hydrogen) atoms. The second kappa shape index (κ2) is 6.65. The van der Waals surface area contributed by atoms with E-state index in [1.807, 2.05) is 0 Å². The van der Waals surface area contributed by atoms with Gasteiger partial charge in [0.15, 0.2) is 5.82 Å². The van der Waals surface area contributed by atoms with Gasteiger partial charge in [-0.2, -0.15) is 10.1 Å². The molecule has 2 aromatic rings. The number of benzene rings is 1. The lowest BCUT2D eigenvalue weighted by Crippen LogP contribution is -2.06. The number of rotatable bonds is 6. The SMILES string of the molecule is C=CCNc1cnnc(Nc2c(C)cccc2CC)n1. The van der Waals surface area contributed by atoms with Gasteiger partial charge in [0.2, 0.25) is 5.95 Å². The second-order valence-electron chi connectivity index (χ2n) is 4.42. The molecular weight excluding hydrogens is 250 g/mol. The molecule has 0 saturated carbocycles. The molecule has 0 spiro atoms. The van der Waals surface area contributed by atoms with E-state index in [9.17, 15) is 0 Å². The van der Waals surface area contributed by atoms with Crippen molar-refractivity contribution in [2.45, 2.75) is 20.3 Å². The van der Waals surface area contributed by atoms with Gasteiger partial charge in [-0.15, -0.1) is 11.7 Å². The van der Waals surface area contributed by atoms with Gasteiger partial charge in [-0.3, -0.25) is 0 Å². The molecule has 0 aliphatic carbocycles. The summed E-state index contributed by atoms with van der Waals surface area (Å²) < 4.78 is 0. The highest BCUT2D eigenvalue weighted by Gasteiger charge is 2.07. The van der Waals surface area contributed by atoms with Gasteiger partial charge in [-0.05, 0) is 24.5 Å². The van der Waals surface area contributed by atoms with Gasteiger partial charge in [0.1, 0.15) is 0 Å². The monoisotopic (exact) mass is 269 g/mol. The van der Waals surface area contributed by atoms with Gasteiger partial charge in [0.05, 0.1) is 6.20 Å². The van der Waals surface area contributed by atoms with Crippen LogP contribution in [-0.2, 0) is 6.42 Å². The van der Waals surface area contributed by atoms with Crippen LogP contribution in [0.1, 0.15) is 18.1 Å². The van der Waals surface area contributed by atoms with Crippen molar-refractivity contribution in [1.82, 2.24) is 15.2 Å². The number of hydrogen-bond acceptors (Lipinski definition) is 5. The maximum atomic E-state index is 4.38. The molecule has 0 aliphatic rings. The number of para-hydroxylation sites is 1. The molecule has 104 valence electrons. The van der Waals surface area contributed by atoms with Crippen molar-refractivity contribution < 1.29 is 0 Å². The maximum Gasteiger partial charge on any atom is 0.249 e. The largest absolute Gasteiger partial charge is 0.365 e. The van der Waals surface area contributed by atoms with Crippen molar-refractivity contribution >= 4 is 17.5 Å². The highest BCUT2D eigenvalue weighted by molar-refractivity contribution is 5.63. The summed E-state index contributed by atoms with van der Waals surface area (Å²) >= 11 is 0. The van der Waals surface area contributed by atoms with Gasteiger partial charge in [-0.1, -0.05) is 31.2 Å². The molecule has 5 heteroatoms. The first-order valence-corrected chi connectivity index (χ1v) is 6.64. The molecule has 0 aliphatic heterocycles. The fourth-order valence-electron chi connectivity index (χ4n) is 1.93. The first-order chi connectivity index (χ1) is 9.74. The molecule has 0 fully saturated rings. The molecule has 1 aromatic carbocycles. The lowest BCUT2D eigenvalue weighted by molar-refractivity contribution is 0.972. The molecule has 0 amide bonds. The summed E-state index contributed by atoms with van der Waals surface area (Å²) in [6.07, 6.45) is 4.31. The van der Waals surface area contributed by atoms with E-state index >= 15 is 0 Å². The van der Waals surface area contributed by atoms with Crippen LogP contribution >= 0.6 is 0 Å². The van der Waals surface area contributed by atoms with Crippen LogP contribution in [0.2, 0.25) is 0 Å². The Hall–Kier alpha value is -2.43. The van der Waals surface area contributed by atoms with Crippen molar-refractivity contribution in [1.29, 1.82) is 0 Å². The Labute approximate surface area is 119 Å². The van der Waals surface area contributed by atoms with E-state index in [4.69, 9.17) is 0 Å². The Balaban J connectivity index is 2.23. The van der Waals surface area contributed by atoms with Gasteiger partial charge in [0.25, 0.3) is 0 Å². The fraction of sp³-hybridized carbons (Fsp3) is 0.267. The van der Waals surface area contributed by atoms with Crippen molar-refractivity contribution in [3.63, 3.8) is 0 Å². The lowest BCUT2D eigenvalue weighted by atomic mass is 10.1. The van der Waals surface area contributed by atoms with Crippen molar-refractivity contribution in [2.24, 2.45) is 0 Å². The zero-order valence-electron chi connectivity index (χ0n) is 11.8. The third-order valence-electron chi connectivity index (χ3n) is 2.96.